The number of hydrogen-bond donors (Lipinski definition) is 2. The fourth-order valence-electron chi connectivity index (χ4n) is 1.85. The van der Waals surface area contributed by atoms with Gasteiger partial charge in [-0.1, -0.05) is 12.1 Å². The van der Waals surface area contributed by atoms with Crippen LogP contribution in [0.1, 0.15) is 0 Å². The zero-order chi connectivity index (χ0) is 14.1. The Morgan fingerprint density at radius 1 is 1.40 bits per heavy atom. The molecule has 0 unspecified atom stereocenters. The third kappa shape index (κ3) is 2.18. The fraction of sp³-hybridized carbons (Fsp3) is 0.167. The Bertz CT molecular complexity index is 795. The maximum absolute atomic E-state index is 11.8. The smallest absolute Gasteiger partial charge is 0.324 e. The van der Waals surface area contributed by atoms with Gasteiger partial charge in [-0.25, -0.2) is 14.5 Å². The van der Waals surface area contributed by atoms with E-state index in [2.05, 4.69) is 20.4 Å². The molecule has 2 N–H and O–H groups in total. The second-order valence-corrected chi connectivity index (χ2v) is 4.33. The highest BCUT2D eigenvalue weighted by Gasteiger charge is 2.10. The highest BCUT2D eigenvalue weighted by Crippen LogP contribution is 2.12. The van der Waals surface area contributed by atoms with Gasteiger partial charge in [0, 0.05) is 7.05 Å². The SMILES string of the molecule is Cn1cnn(CC(=O)Nc2nc3ccccc3[nH]2)c1=O. The van der Waals surface area contributed by atoms with Crippen LogP contribution in [0.15, 0.2) is 35.4 Å². The van der Waals surface area contributed by atoms with Gasteiger partial charge >= 0.3 is 5.69 Å². The molecule has 3 rings (SSSR count). The molecule has 0 bridgehead atoms. The van der Waals surface area contributed by atoms with E-state index in [9.17, 15) is 9.59 Å². The predicted molar refractivity (Wildman–Crippen MR) is 72.2 cm³/mol. The van der Waals surface area contributed by atoms with Crippen molar-refractivity contribution >= 4 is 22.9 Å². The molecule has 2 aromatic heterocycles. The number of hydrogen-bond acceptors (Lipinski definition) is 4. The fourth-order valence-corrected chi connectivity index (χ4v) is 1.85. The normalized spacial score (nSPS) is 10.8. The quantitative estimate of drug-likeness (QED) is 0.706. The van der Waals surface area contributed by atoms with Crippen LogP contribution >= 0.6 is 0 Å². The Kier molecular flexibility index (Phi) is 2.82. The maximum atomic E-state index is 11.8. The third-order valence-corrected chi connectivity index (χ3v) is 2.83. The van der Waals surface area contributed by atoms with Gasteiger partial charge in [0.1, 0.15) is 12.9 Å². The van der Waals surface area contributed by atoms with Crippen LogP contribution in [0.2, 0.25) is 0 Å². The van der Waals surface area contributed by atoms with E-state index >= 15 is 0 Å². The number of nitrogens with zero attached hydrogens (tertiary/aromatic N) is 4. The molecule has 0 saturated carbocycles. The lowest BCUT2D eigenvalue weighted by atomic mass is 10.3. The van der Waals surface area contributed by atoms with Crippen molar-refractivity contribution in [1.29, 1.82) is 0 Å². The molecular formula is C12H12N6O2. The van der Waals surface area contributed by atoms with Crippen molar-refractivity contribution in [2.24, 2.45) is 7.05 Å². The molecule has 1 amide bonds. The van der Waals surface area contributed by atoms with Crippen molar-refractivity contribution in [3.8, 4) is 0 Å². The molecule has 0 aliphatic carbocycles. The highest BCUT2D eigenvalue weighted by molar-refractivity contribution is 5.90. The molecule has 0 radical (unpaired) electrons. The second-order valence-electron chi connectivity index (χ2n) is 4.33. The number of imidazole rings is 1. The number of aromatic amines is 1. The number of fused-ring (bicyclic) bond motifs is 1. The first kappa shape index (κ1) is 12.2. The zero-order valence-electron chi connectivity index (χ0n) is 10.7. The first-order valence-corrected chi connectivity index (χ1v) is 5.96. The number of amides is 1. The Morgan fingerprint density at radius 3 is 2.90 bits per heavy atom. The third-order valence-electron chi connectivity index (χ3n) is 2.83. The summed E-state index contributed by atoms with van der Waals surface area (Å²) in [7, 11) is 1.57. The molecule has 20 heavy (non-hydrogen) atoms. The first-order chi connectivity index (χ1) is 9.63. The second kappa shape index (κ2) is 4.65. The topological polar surface area (TPSA) is 97.6 Å². The number of H-pyrrole nitrogens is 1. The van der Waals surface area contributed by atoms with E-state index in [4.69, 9.17) is 0 Å². The summed E-state index contributed by atoms with van der Waals surface area (Å²) in [5.41, 5.74) is 1.25. The van der Waals surface area contributed by atoms with Crippen LogP contribution in [0.25, 0.3) is 11.0 Å². The van der Waals surface area contributed by atoms with Crippen LogP contribution in [0.5, 0.6) is 0 Å². The van der Waals surface area contributed by atoms with E-state index in [1.807, 2.05) is 24.3 Å². The van der Waals surface area contributed by atoms with Crippen LogP contribution in [-0.4, -0.2) is 30.2 Å². The summed E-state index contributed by atoms with van der Waals surface area (Å²) >= 11 is 0. The van der Waals surface area contributed by atoms with Gasteiger partial charge in [-0.3, -0.25) is 14.7 Å². The number of anilines is 1. The van der Waals surface area contributed by atoms with Gasteiger partial charge < -0.3 is 4.98 Å². The van der Waals surface area contributed by atoms with E-state index in [-0.39, 0.29) is 18.1 Å². The Labute approximate surface area is 113 Å². The average Bonchev–Trinajstić information content (AvgIpc) is 2.96. The molecule has 8 nitrogen and oxygen atoms in total. The summed E-state index contributed by atoms with van der Waals surface area (Å²) in [6.45, 7) is -0.156. The van der Waals surface area contributed by atoms with Gasteiger partial charge in [0.2, 0.25) is 11.9 Å². The molecule has 2 heterocycles. The van der Waals surface area contributed by atoms with Crippen molar-refractivity contribution in [3.63, 3.8) is 0 Å². The first-order valence-electron chi connectivity index (χ1n) is 5.96. The van der Waals surface area contributed by atoms with Crippen LogP contribution in [0, 0.1) is 0 Å². The largest absolute Gasteiger partial charge is 0.345 e. The van der Waals surface area contributed by atoms with Crippen LogP contribution in [0.4, 0.5) is 5.95 Å². The number of para-hydroxylation sites is 2. The molecular weight excluding hydrogens is 260 g/mol. The lowest BCUT2D eigenvalue weighted by Gasteiger charge is -2.00. The number of carbonyl (C=O) groups excluding carboxylic acids is 1. The standard InChI is InChI=1S/C12H12N6O2/c1-17-7-13-18(12(17)20)6-10(19)16-11-14-8-4-2-3-5-9(8)15-11/h2-5,7H,6H2,1H3,(H2,14,15,16,19). The minimum Gasteiger partial charge on any atom is -0.324 e. The van der Waals surface area contributed by atoms with Crippen LogP contribution < -0.4 is 11.0 Å². The van der Waals surface area contributed by atoms with Crippen molar-refractivity contribution < 1.29 is 4.79 Å². The van der Waals surface area contributed by atoms with Crippen LogP contribution in [-0.2, 0) is 18.4 Å². The molecule has 102 valence electrons. The summed E-state index contributed by atoms with van der Waals surface area (Å²) < 4.78 is 2.38. The monoisotopic (exact) mass is 272 g/mol. The van der Waals surface area contributed by atoms with Gasteiger partial charge in [0.15, 0.2) is 0 Å². The lowest BCUT2D eigenvalue weighted by molar-refractivity contribution is -0.117. The van der Waals surface area contributed by atoms with E-state index in [1.54, 1.807) is 7.05 Å². The summed E-state index contributed by atoms with van der Waals surface area (Å²) in [5, 5.41) is 6.42. The van der Waals surface area contributed by atoms with Crippen molar-refractivity contribution in [2.45, 2.75) is 6.54 Å². The average molecular weight is 272 g/mol. The Hall–Kier alpha value is -2.90. The Balaban J connectivity index is 1.75. The zero-order valence-corrected chi connectivity index (χ0v) is 10.7. The highest BCUT2D eigenvalue weighted by atomic mass is 16.2. The molecule has 0 fully saturated rings. The van der Waals surface area contributed by atoms with Crippen molar-refractivity contribution in [3.05, 3.63) is 41.1 Å². The summed E-state index contributed by atoms with van der Waals surface area (Å²) in [6.07, 6.45) is 1.36. The Morgan fingerprint density at radius 2 is 2.20 bits per heavy atom. The molecule has 1 aromatic carbocycles. The molecule has 0 saturated heterocycles. The van der Waals surface area contributed by atoms with Gasteiger partial charge in [-0.05, 0) is 12.1 Å². The molecule has 0 aliphatic heterocycles. The summed E-state index contributed by atoms with van der Waals surface area (Å²) in [6, 6.07) is 7.44. The maximum Gasteiger partial charge on any atom is 0.345 e. The van der Waals surface area contributed by atoms with E-state index in [0.29, 0.717) is 5.95 Å². The predicted octanol–water partition coefficient (Wildman–Crippen LogP) is 0.0968. The van der Waals surface area contributed by atoms with Crippen LogP contribution in [0.3, 0.4) is 0 Å². The summed E-state index contributed by atoms with van der Waals surface area (Å²) in [4.78, 5) is 30.6. The van der Waals surface area contributed by atoms with Gasteiger partial charge in [-0.15, -0.1) is 0 Å². The molecule has 8 heteroatoms. The summed E-state index contributed by atoms with van der Waals surface area (Å²) in [5.74, 6) is -0.0231. The van der Waals surface area contributed by atoms with Gasteiger partial charge in [0.25, 0.3) is 0 Å². The number of carbonyl (C=O) groups is 1. The number of aryl methyl sites for hydroxylation is 1. The lowest BCUT2D eigenvalue weighted by Crippen LogP contribution is -2.29. The number of aromatic nitrogens is 5. The van der Waals surface area contributed by atoms with Crippen molar-refractivity contribution in [1.82, 2.24) is 24.3 Å². The molecule has 0 atom stereocenters. The number of nitrogens with one attached hydrogen (secondary N) is 2. The van der Waals surface area contributed by atoms with E-state index < -0.39 is 0 Å². The molecule has 0 spiro atoms. The van der Waals surface area contributed by atoms with Gasteiger partial charge in [-0.2, -0.15) is 5.10 Å². The molecule has 3 aromatic rings. The minimum atomic E-state index is -0.371. The molecule has 0 aliphatic rings. The number of benzene rings is 1. The van der Waals surface area contributed by atoms with E-state index in [1.165, 1.54) is 10.9 Å². The minimum absolute atomic E-state index is 0.156. The van der Waals surface area contributed by atoms with Gasteiger partial charge in [0.05, 0.1) is 11.0 Å². The van der Waals surface area contributed by atoms with Crippen molar-refractivity contribution in [2.75, 3.05) is 5.32 Å². The number of rotatable bonds is 3. The van der Waals surface area contributed by atoms with E-state index in [0.717, 1.165) is 15.7 Å².